The summed E-state index contributed by atoms with van der Waals surface area (Å²) in [5.41, 5.74) is 0. The minimum atomic E-state index is -0.834. The fraction of sp³-hybridized carbons (Fsp3) is 0.583. The van der Waals surface area contributed by atoms with Crippen molar-refractivity contribution in [2.24, 2.45) is 5.92 Å². The summed E-state index contributed by atoms with van der Waals surface area (Å²) in [6.07, 6.45) is 5.31. The Morgan fingerprint density at radius 2 is 2.06 bits per heavy atom. The standard InChI is InChI=1S/C12H17NO5/c1-2-17-12(16)13-10(14)8-18-11(15)9-6-4-3-5-7-9/h3-4,9H,2,5-8H2,1H3,(H,13,14,16)/t9-/m1/s1. The van der Waals surface area contributed by atoms with E-state index >= 15 is 0 Å². The van der Waals surface area contributed by atoms with E-state index in [9.17, 15) is 14.4 Å². The fourth-order valence-electron chi connectivity index (χ4n) is 1.58. The lowest BCUT2D eigenvalue weighted by Gasteiger charge is -2.15. The minimum absolute atomic E-state index is 0.174. The Morgan fingerprint density at radius 3 is 2.67 bits per heavy atom. The summed E-state index contributed by atoms with van der Waals surface area (Å²) >= 11 is 0. The van der Waals surface area contributed by atoms with Gasteiger partial charge in [0.1, 0.15) is 0 Å². The number of hydrogen-bond donors (Lipinski definition) is 1. The van der Waals surface area contributed by atoms with Crippen LogP contribution in [0.15, 0.2) is 12.2 Å². The summed E-state index contributed by atoms with van der Waals surface area (Å²) in [6, 6.07) is 0. The molecule has 0 aromatic heterocycles. The third-order valence-corrected chi connectivity index (χ3v) is 2.46. The smallest absolute Gasteiger partial charge is 0.413 e. The zero-order valence-electron chi connectivity index (χ0n) is 10.3. The molecule has 1 aliphatic carbocycles. The molecule has 1 N–H and O–H groups in total. The van der Waals surface area contributed by atoms with Crippen LogP contribution in [0.4, 0.5) is 4.79 Å². The number of imide groups is 1. The van der Waals surface area contributed by atoms with Crippen LogP contribution >= 0.6 is 0 Å². The Bertz CT molecular complexity index is 350. The van der Waals surface area contributed by atoms with Crippen LogP contribution in [0.2, 0.25) is 0 Å². The van der Waals surface area contributed by atoms with Crippen molar-refractivity contribution in [3.05, 3.63) is 12.2 Å². The highest BCUT2D eigenvalue weighted by atomic mass is 16.6. The fourth-order valence-corrected chi connectivity index (χ4v) is 1.58. The van der Waals surface area contributed by atoms with Gasteiger partial charge >= 0.3 is 12.1 Å². The molecule has 1 rings (SSSR count). The molecule has 0 aliphatic heterocycles. The van der Waals surface area contributed by atoms with Gasteiger partial charge in [-0.3, -0.25) is 14.9 Å². The molecule has 100 valence electrons. The van der Waals surface area contributed by atoms with Crippen LogP contribution in [0.3, 0.4) is 0 Å². The maximum absolute atomic E-state index is 11.6. The number of ether oxygens (including phenoxy) is 2. The van der Waals surface area contributed by atoms with Gasteiger partial charge in [-0.1, -0.05) is 12.2 Å². The summed E-state index contributed by atoms with van der Waals surface area (Å²) in [6.45, 7) is 1.34. The van der Waals surface area contributed by atoms with Crippen molar-refractivity contribution < 1.29 is 23.9 Å². The molecule has 2 amide bonds. The zero-order chi connectivity index (χ0) is 13.4. The molecule has 18 heavy (non-hydrogen) atoms. The molecule has 1 atom stereocenters. The minimum Gasteiger partial charge on any atom is -0.455 e. The third kappa shape index (κ3) is 4.99. The molecular weight excluding hydrogens is 238 g/mol. The Labute approximate surface area is 105 Å². The number of allylic oxidation sites excluding steroid dienone is 2. The topological polar surface area (TPSA) is 81.7 Å². The number of esters is 1. The first-order valence-corrected chi connectivity index (χ1v) is 5.91. The quantitative estimate of drug-likeness (QED) is 0.602. The summed E-state index contributed by atoms with van der Waals surface area (Å²) in [7, 11) is 0. The maximum atomic E-state index is 11.6. The van der Waals surface area contributed by atoms with E-state index < -0.39 is 24.6 Å². The maximum Gasteiger partial charge on any atom is 0.413 e. The summed E-state index contributed by atoms with van der Waals surface area (Å²) in [5.74, 6) is -1.28. The lowest BCUT2D eigenvalue weighted by molar-refractivity contribution is -0.152. The molecule has 0 aromatic rings. The Hall–Kier alpha value is -1.85. The monoisotopic (exact) mass is 255 g/mol. The van der Waals surface area contributed by atoms with Gasteiger partial charge in [0.2, 0.25) is 0 Å². The summed E-state index contributed by atoms with van der Waals surface area (Å²) in [4.78, 5) is 33.7. The predicted octanol–water partition coefficient (Wildman–Crippen LogP) is 1.16. The number of carbonyl (C=O) groups is 3. The molecule has 0 radical (unpaired) electrons. The van der Waals surface area contributed by atoms with Crippen LogP contribution in [0.25, 0.3) is 0 Å². The van der Waals surface area contributed by atoms with E-state index in [1.165, 1.54) is 0 Å². The largest absolute Gasteiger partial charge is 0.455 e. The van der Waals surface area contributed by atoms with E-state index in [4.69, 9.17) is 4.74 Å². The first-order chi connectivity index (χ1) is 8.63. The number of amides is 2. The van der Waals surface area contributed by atoms with E-state index in [2.05, 4.69) is 4.74 Å². The highest BCUT2D eigenvalue weighted by Gasteiger charge is 2.21. The average molecular weight is 255 g/mol. The van der Waals surface area contributed by atoms with Crippen molar-refractivity contribution in [3.63, 3.8) is 0 Å². The van der Waals surface area contributed by atoms with Crippen molar-refractivity contribution >= 4 is 18.0 Å². The van der Waals surface area contributed by atoms with Gasteiger partial charge in [0.05, 0.1) is 12.5 Å². The van der Waals surface area contributed by atoms with Gasteiger partial charge in [-0.05, 0) is 26.2 Å². The Kier molecular flexibility index (Phi) is 5.90. The number of rotatable bonds is 4. The second-order valence-corrected chi connectivity index (χ2v) is 3.86. The van der Waals surface area contributed by atoms with Crippen LogP contribution < -0.4 is 5.32 Å². The van der Waals surface area contributed by atoms with E-state index in [1.54, 1.807) is 6.92 Å². The number of carbonyl (C=O) groups excluding carboxylic acids is 3. The van der Waals surface area contributed by atoms with Gasteiger partial charge in [-0.2, -0.15) is 0 Å². The van der Waals surface area contributed by atoms with E-state index in [1.807, 2.05) is 17.5 Å². The molecule has 0 saturated carbocycles. The molecule has 0 bridgehead atoms. The molecule has 0 heterocycles. The molecule has 6 nitrogen and oxygen atoms in total. The van der Waals surface area contributed by atoms with Gasteiger partial charge in [0.15, 0.2) is 6.61 Å². The average Bonchev–Trinajstić information content (AvgIpc) is 2.37. The van der Waals surface area contributed by atoms with Crippen LogP contribution in [0.5, 0.6) is 0 Å². The van der Waals surface area contributed by atoms with Crippen molar-refractivity contribution in [2.75, 3.05) is 13.2 Å². The van der Waals surface area contributed by atoms with E-state index in [0.717, 1.165) is 12.8 Å². The van der Waals surface area contributed by atoms with Crippen LogP contribution in [-0.4, -0.2) is 31.2 Å². The van der Waals surface area contributed by atoms with Crippen molar-refractivity contribution in [2.45, 2.75) is 26.2 Å². The lowest BCUT2D eigenvalue weighted by Crippen LogP contribution is -2.35. The molecular formula is C12H17NO5. The van der Waals surface area contributed by atoms with Gasteiger partial charge < -0.3 is 9.47 Å². The molecule has 0 spiro atoms. The van der Waals surface area contributed by atoms with E-state index in [-0.39, 0.29) is 12.5 Å². The van der Waals surface area contributed by atoms with Crippen molar-refractivity contribution in [1.29, 1.82) is 0 Å². The zero-order valence-corrected chi connectivity index (χ0v) is 10.3. The summed E-state index contributed by atoms with van der Waals surface area (Å²) < 4.78 is 9.34. The van der Waals surface area contributed by atoms with Gasteiger partial charge in [0.25, 0.3) is 5.91 Å². The molecule has 0 aromatic carbocycles. The first kappa shape index (κ1) is 14.2. The van der Waals surface area contributed by atoms with Gasteiger partial charge in [0, 0.05) is 0 Å². The predicted molar refractivity (Wildman–Crippen MR) is 62.6 cm³/mol. The van der Waals surface area contributed by atoms with Crippen LogP contribution in [0, 0.1) is 5.92 Å². The lowest BCUT2D eigenvalue weighted by atomic mass is 9.95. The first-order valence-electron chi connectivity index (χ1n) is 5.91. The SMILES string of the molecule is CCOC(=O)NC(=O)COC(=O)[C@@H]1CC=CCC1. The molecule has 1 aliphatic rings. The summed E-state index contributed by atoms with van der Waals surface area (Å²) in [5, 5.41) is 1.95. The molecule has 0 unspecified atom stereocenters. The third-order valence-electron chi connectivity index (χ3n) is 2.46. The van der Waals surface area contributed by atoms with Gasteiger partial charge in [-0.25, -0.2) is 4.79 Å². The number of nitrogens with one attached hydrogen (secondary N) is 1. The Balaban J connectivity index is 2.23. The highest BCUT2D eigenvalue weighted by molar-refractivity contribution is 5.93. The van der Waals surface area contributed by atoms with Gasteiger partial charge in [-0.15, -0.1) is 0 Å². The van der Waals surface area contributed by atoms with Crippen molar-refractivity contribution in [3.8, 4) is 0 Å². The molecule has 0 fully saturated rings. The van der Waals surface area contributed by atoms with Crippen molar-refractivity contribution in [1.82, 2.24) is 5.32 Å². The molecule has 0 saturated heterocycles. The number of hydrogen-bond acceptors (Lipinski definition) is 5. The Morgan fingerprint density at radius 1 is 1.28 bits per heavy atom. The highest BCUT2D eigenvalue weighted by Crippen LogP contribution is 2.19. The number of alkyl carbamates (subject to hydrolysis) is 1. The normalized spacial score (nSPS) is 17.9. The second kappa shape index (κ2) is 7.47. The van der Waals surface area contributed by atoms with E-state index in [0.29, 0.717) is 6.42 Å². The second-order valence-electron chi connectivity index (χ2n) is 3.86. The van der Waals surface area contributed by atoms with Crippen LogP contribution in [0.1, 0.15) is 26.2 Å². The molecule has 6 heteroatoms. The van der Waals surface area contributed by atoms with Crippen LogP contribution in [-0.2, 0) is 19.1 Å².